The van der Waals surface area contributed by atoms with Crippen LogP contribution >= 0.6 is 0 Å². The van der Waals surface area contributed by atoms with Crippen molar-refractivity contribution in [1.29, 1.82) is 0 Å². The smallest absolute Gasteiger partial charge is 0.320 e. The highest BCUT2D eigenvalue weighted by molar-refractivity contribution is 5.73. The number of hydrogen-bond donors (Lipinski definition) is 2. The Kier molecular flexibility index (Phi) is 5.64. The van der Waals surface area contributed by atoms with E-state index in [1.807, 2.05) is 6.92 Å². The molecule has 1 heterocycles. The molecule has 2 N–H and O–H groups in total. The van der Waals surface area contributed by atoms with Gasteiger partial charge in [-0.25, -0.2) is 0 Å². The molecule has 2 fully saturated rings. The number of nitrogens with one attached hydrogen (secondary N) is 1. The molecule has 4 nitrogen and oxygen atoms in total. The second kappa shape index (κ2) is 7.25. The summed E-state index contributed by atoms with van der Waals surface area (Å²) in [6.07, 6.45) is 7.67. The summed E-state index contributed by atoms with van der Waals surface area (Å²) in [5, 5.41) is 12.2. The predicted molar refractivity (Wildman–Crippen MR) is 76.2 cm³/mol. The topological polar surface area (TPSA) is 52.6 Å². The number of carboxylic acid groups (broad SMARTS) is 1. The molecule has 1 aliphatic carbocycles. The van der Waals surface area contributed by atoms with Gasteiger partial charge in [-0.2, -0.15) is 0 Å². The number of carbonyl (C=O) groups is 1. The fourth-order valence-electron chi connectivity index (χ4n) is 3.75. The summed E-state index contributed by atoms with van der Waals surface area (Å²) in [5.74, 6) is 1.12. The van der Waals surface area contributed by atoms with Crippen molar-refractivity contribution >= 4 is 5.97 Å². The van der Waals surface area contributed by atoms with Crippen molar-refractivity contribution in [2.45, 2.75) is 51.5 Å². The molecule has 0 aromatic heterocycles. The lowest BCUT2D eigenvalue weighted by molar-refractivity contribution is -0.139. The zero-order valence-electron chi connectivity index (χ0n) is 12.1. The fraction of sp³-hybridized carbons (Fsp3) is 0.933. The van der Waals surface area contributed by atoms with Crippen LogP contribution < -0.4 is 5.32 Å². The molecule has 0 amide bonds. The SMILES string of the molecule is CCNC(CCN1CCC2CCCCC2C1)C(=O)O. The zero-order chi connectivity index (χ0) is 13.7. The van der Waals surface area contributed by atoms with E-state index in [0.717, 1.165) is 31.3 Å². The Morgan fingerprint density at radius 3 is 2.74 bits per heavy atom. The van der Waals surface area contributed by atoms with Crippen LogP contribution in [0.5, 0.6) is 0 Å². The summed E-state index contributed by atoms with van der Waals surface area (Å²) in [6.45, 7) is 5.97. The number of fused-ring (bicyclic) bond motifs is 1. The van der Waals surface area contributed by atoms with E-state index < -0.39 is 5.97 Å². The number of aliphatic carboxylic acids is 1. The van der Waals surface area contributed by atoms with Gasteiger partial charge < -0.3 is 15.3 Å². The van der Waals surface area contributed by atoms with Gasteiger partial charge in [0, 0.05) is 13.1 Å². The van der Waals surface area contributed by atoms with Crippen molar-refractivity contribution < 1.29 is 9.90 Å². The van der Waals surface area contributed by atoms with E-state index >= 15 is 0 Å². The van der Waals surface area contributed by atoms with Crippen LogP contribution in [0.2, 0.25) is 0 Å². The predicted octanol–water partition coefficient (Wildman–Crippen LogP) is 1.95. The van der Waals surface area contributed by atoms with E-state index in [9.17, 15) is 4.79 Å². The van der Waals surface area contributed by atoms with E-state index in [2.05, 4.69) is 10.2 Å². The van der Waals surface area contributed by atoms with Gasteiger partial charge in [-0.15, -0.1) is 0 Å². The molecule has 19 heavy (non-hydrogen) atoms. The molecule has 3 unspecified atom stereocenters. The van der Waals surface area contributed by atoms with E-state index in [0.29, 0.717) is 0 Å². The number of carboxylic acids is 1. The van der Waals surface area contributed by atoms with Crippen molar-refractivity contribution in [2.75, 3.05) is 26.2 Å². The second-order valence-electron chi connectivity index (χ2n) is 6.13. The Morgan fingerprint density at radius 1 is 1.32 bits per heavy atom. The van der Waals surface area contributed by atoms with Crippen LogP contribution in [0.25, 0.3) is 0 Å². The molecule has 0 aromatic rings. The van der Waals surface area contributed by atoms with Gasteiger partial charge in [-0.3, -0.25) is 4.79 Å². The number of rotatable bonds is 6. The minimum absolute atomic E-state index is 0.380. The first-order valence-electron chi connectivity index (χ1n) is 7.89. The highest BCUT2D eigenvalue weighted by Crippen LogP contribution is 2.35. The summed E-state index contributed by atoms with van der Waals surface area (Å²) >= 11 is 0. The minimum atomic E-state index is -0.714. The van der Waals surface area contributed by atoms with Crippen LogP contribution in [-0.4, -0.2) is 48.2 Å². The molecule has 4 heteroatoms. The summed E-state index contributed by atoms with van der Waals surface area (Å²) in [6, 6.07) is -0.380. The van der Waals surface area contributed by atoms with Gasteiger partial charge in [-0.05, 0) is 44.2 Å². The molecular weight excluding hydrogens is 240 g/mol. The van der Waals surface area contributed by atoms with Gasteiger partial charge in [0.2, 0.25) is 0 Å². The van der Waals surface area contributed by atoms with Gasteiger partial charge in [-0.1, -0.05) is 26.2 Å². The molecule has 3 atom stereocenters. The summed E-state index contributed by atoms with van der Waals surface area (Å²) in [7, 11) is 0. The third kappa shape index (κ3) is 4.18. The van der Waals surface area contributed by atoms with E-state index in [4.69, 9.17) is 5.11 Å². The Balaban J connectivity index is 1.75. The monoisotopic (exact) mass is 268 g/mol. The summed E-state index contributed by atoms with van der Waals surface area (Å²) in [4.78, 5) is 13.6. The first-order valence-corrected chi connectivity index (χ1v) is 7.89. The molecule has 2 rings (SSSR count). The standard InChI is InChI=1S/C15H28N2O2/c1-2-16-14(15(18)19)8-10-17-9-7-12-5-3-4-6-13(12)11-17/h12-14,16H,2-11H2,1H3,(H,18,19). The minimum Gasteiger partial charge on any atom is -0.480 e. The zero-order valence-corrected chi connectivity index (χ0v) is 12.1. The van der Waals surface area contributed by atoms with Crippen LogP contribution in [-0.2, 0) is 4.79 Å². The lowest BCUT2D eigenvalue weighted by Crippen LogP contribution is -2.45. The van der Waals surface area contributed by atoms with Crippen LogP contribution in [0.1, 0.15) is 45.4 Å². The molecule has 0 spiro atoms. The number of piperidine rings is 1. The number of nitrogens with zero attached hydrogens (tertiary/aromatic N) is 1. The van der Waals surface area contributed by atoms with Gasteiger partial charge in [0.05, 0.1) is 0 Å². The fourth-order valence-corrected chi connectivity index (χ4v) is 3.75. The van der Waals surface area contributed by atoms with Crippen molar-refractivity contribution in [1.82, 2.24) is 10.2 Å². The largest absolute Gasteiger partial charge is 0.480 e. The normalized spacial score (nSPS) is 29.7. The molecule has 2 aliphatic rings. The molecule has 1 aliphatic heterocycles. The van der Waals surface area contributed by atoms with Crippen molar-refractivity contribution in [3.63, 3.8) is 0 Å². The molecule has 1 saturated carbocycles. The number of likely N-dealkylation sites (tertiary alicyclic amines) is 1. The number of hydrogen-bond acceptors (Lipinski definition) is 3. The van der Waals surface area contributed by atoms with Gasteiger partial charge >= 0.3 is 5.97 Å². The van der Waals surface area contributed by atoms with E-state index in [1.165, 1.54) is 45.2 Å². The lowest BCUT2D eigenvalue weighted by Gasteiger charge is -2.41. The average molecular weight is 268 g/mol. The van der Waals surface area contributed by atoms with Crippen molar-refractivity contribution in [3.8, 4) is 0 Å². The number of likely N-dealkylation sites (N-methyl/N-ethyl adjacent to an activating group) is 1. The third-order valence-corrected chi connectivity index (χ3v) is 4.86. The third-order valence-electron chi connectivity index (χ3n) is 4.86. The Hall–Kier alpha value is -0.610. The summed E-state index contributed by atoms with van der Waals surface area (Å²) in [5.41, 5.74) is 0. The summed E-state index contributed by atoms with van der Waals surface area (Å²) < 4.78 is 0. The molecule has 110 valence electrons. The highest BCUT2D eigenvalue weighted by atomic mass is 16.4. The Morgan fingerprint density at radius 2 is 2.05 bits per heavy atom. The van der Waals surface area contributed by atoms with Crippen molar-refractivity contribution in [2.24, 2.45) is 11.8 Å². The molecule has 1 saturated heterocycles. The molecule has 0 radical (unpaired) electrons. The Bertz CT molecular complexity index is 296. The second-order valence-corrected chi connectivity index (χ2v) is 6.13. The lowest BCUT2D eigenvalue weighted by atomic mass is 9.75. The van der Waals surface area contributed by atoms with Crippen LogP contribution in [0.15, 0.2) is 0 Å². The van der Waals surface area contributed by atoms with Gasteiger partial charge in [0.25, 0.3) is 0 Å². The van der Waals surface area contributed by atoms with Crippen molar-refractivity contribution in [3.05, 3.63) is 0 Å². The quantitative estimate of drug-likeness (QED) is 0.773. The highest BCUT2D eigenvalue weighted by Gasteiger charge is 2.31. The van der Waals surface area contributed by atoms with Crippen LogP contribution in [0.3, 0.4) is 0 Å². The molecule has 0 aromatic carbocycles. The van der Waals surface area contributed by atoms with E-state index in [-0.39, 0.29) is 6.04 Å². The first-order chi connectivity index (χ1) is 9.20. The van der Waals surface area contributed by atoms with E-state index in [1.54, 1.807) is 0 Å². The van der Waals surface area contributed by atoms with Gasteiger partial charge in [0.15, 0.2) is 0 Å². The molecular formula is C15H28N2O2. The maximum atomic E-state index is 11.1. The maximum absolute atomic E-state index is 11.1. The Labute approximate surface area is 116 Å². The van der Waals surface area contributed by atoms with Gasteiger partial charge in [0.1, 0.15) is 6.04 Å². The van der Waals surface area contributed by atoms with Crippen LogP contribution in [0, 0.1) is 11.8 Å². The van der Waals surface area contributed by atoms with Crippen LogP contribution in [0.4, 0.5) is 0 Å². The molecule has 0 bridgehead atoms. The first kappa shape index (κ1) is 14.8. The maximum Gasteiger partial charge on any atom is 0.320 e. The average Bonchev–Trinajstić information content (AvgIpc) is 2.43.